The van der Waals surface area contributed by atoms with E-state index in [1.165, 1.54) is 0 Å². The fraction of sp³-hybridized carbons (Fsp3) is 0.556. The van der Waals surface area contributed by atoms with Crippen LogP contribution in [0.3, 0.4) is 0 Å². The SMILES string of the molecule is N.N.O=c1ccn([C@@H]2O[C@H](OCP(=O)(O)O)[C@@H](O)[C@H]2O)c(=O)[nH]1. The minimum absolute atomic E-state index is 0. The zero-order valence-corrected chi connectivity index (χ0v) is 12.7. The van der Waals surface area contributed by atoms with E-state index in [4.69, 9.17) is 14.5 Å². The first-order chi connectivity index (χ1) is 9.69. The van der Waals surface area contributed by atoms with Crippen molar-refractivity contribution in [2.75, 3.05) is 6.35 Å². The predicted octanol–water partition coefficient (Wildman–Crippen LogP) is -2.41. The van der Waals surface area contributed by atoms with Crippen molar-refractivity contribution in [1.29, 1.82) is 0 Å². The minimum atomic E-state index is -4.48. The van der Waals surface area contributed by atoms with Crippen LogP contribution >= 0.6 is 7.60 Å². The maximum atomic E-state index is 11.6. The molecule has 11 N–H and O–H groups in total. The van der Waals surface area contributed by atoms with Crippen molar-refractivity contribution in [3.8, 4) is 0 Å². The Morgan fingerprint density at radius 2 is 1.87 bits per heavy atom. The van der Waals surface area contributed by atoms with Gasteiger partial charge in [-0.2, -0.15) is 0 Å². The van der Waals surface area contributed by atoms with Crippen LogP contribution in [0, 0.1) is 0 Å². The van der Waals surface area contributed by atoms with E-state index in [0.29, 0.717) is 0 Å². The summed E-state index contributed by atoms with van der Waals surface area (Å²) in [4.78, 5) is 41.8. The van der Waals surface area contributed by atoms with Gasteiger partial charge in [-0.25, -0.2) is 4.79 Å². The third-order valence-electron chi connectivity index (χ3n) is 2.73. The number of nitrogens with zero attached hydrogens (tertiary/aromatic N) is 1. The molecule has 1 aliphatic rings. The Labute approximate surface area is 128 Å². The lowest BCUT2D eigenvalue weighted by atomic mass is 10.2. The highest BCUT2D eigenvalue weighted by Crippen LogP contribution is 2.37. The highest BCUT2D eigenvalue weighted by atomic mass is 31.2. The number of hydrogen-bond donors (Lipinski definition) is 7. The largest absolute Gasteiger partial charge is 0.385 e. The van der Waals surface area contributed by atoms with Gasteiger partial charge in [0.2, 0.25) is 0 Å². The van der Waals surface area contributed by atoms with Gasteiger partial charge in [-0.15, -0.1) is 0 Å². The second-order valence-electron chi connectivity index (χ2n) is 4.35. The average Bonchev–Trinajstić information content (AvgIpc) is 2.64. The zero-order valence-electron chi connectivity index (χ0n) is 11.8. The summed E-state index contributed by atoms with van der Waals surface area (Å²) in [5.74, 6) is 0. The van der Waals surface area contributed by atoms with Gasteiger partial charge in [-0.1, -0.05) is 0 Å². The van der Waals surface area contributed by atoms with Crippen LogP contribution in [0.1, 0.15) is 6.23 Å². The second kappa shape index (κ2) is 7.92. The lowest BCUT2D eigenvalue weighted by Gasteiger charge is -2.16. The van der Waals surface area contributed by atoms with Crippen LogP contribution in [-0.2, 0) is 14.0 Å². The first-order valence-corrected chi connectivity index (χ1v) is 7.48. The number of aliphatic hydroxyl groups excluding tert-OH is 2. The molecule has 1 aromatic rings. The van der Waals surface area contributed by atoms with Crippen LogP contribution in [0.15, 0.2) is 21.9 Å². The summed E-state index contributed by atoms with van der Waals surface area (Å²) in [5, 5.41) is 19.5. The molecule has 0 aromatic carbocycles. The second-order valence-corrected chi connectivity index (χ2v) is 5.94. The van der Waals surface area contributed by atoms with Gasteiger partial charge in [0, 0.05) is 12.3 Å². The summed E-state index contributed by atoms with van der Waals surface area (Å²) in [6, 6.07) is 1.01. The fourth-order valence-electron chi connectivity index (χ4n) is 1.79. The molecule has 1 fully saturated rings. The Hall–Kier alpha value is -1.41. The van der Waals surface area contributed by atoms with Crippen LogP contribution in [0.2, 0.25) is 0 Å². The predicted molar refractivity (Wildman–Crippen MR) is 75.3 cm³/mol. The molecule has 0 saturated carbocycles. The summed E-state index contributed by atoms with van der Waals surface area (Å²) < 4.78 is 21.3. The Bertz CT molecular complexity index is 669. The normalized spacial score (nSPS) is 27.1. The maximum absolute atomic E-state index is 11.6. The summed E-state index contributed by atoms with van der Waals surface area (Å²) in [6.45, 7) is 0. The molecule has 4 atom stereocenters. The first-order valence-electron chi connectivity index (χ1n) is 5.68. The lowest BCUT2D eigenvalue weighted by Crippen LogP contribution is -2.37. The van der Waals surface area contributed by atoms with Crippen molar-refractivity contribution < 1.29 is 34.0 Å². The van der Waals surface area contributed by atoms with E-state index in [0.717, 1.165) is 16.8 Å². The number of H-pyrrole nitrogens is 1. The number of aromatic amines is 1. The molecular formula is C9H19N4O9P. The summed E-state index contributed by atoms with van der Waals surface area (Å²) in [6.07, 6.45) is -6.08. The number of nitrogens with one attached hydrogen (secondary N) is 1. The Balaban J connectivity index is 0.00000242. The standard InChI is InChI=1S/C9H13N2O9P.2H3N/c12-4-1-2-11(9(15)10-4)7-5(13)6(14)8(20-7)19-3-21(16,17)18;;/h1-2,5-8,13-14H,3H2,(H,10,12,15)(H2,16,17,18);2*1H3/t5-,6+,7-,8+;;/m1../s1. The molecule has 0 unspecified atom stereocenters. The van der Waals surface area contributed by atoms with Crippen molar-refractivity contribution in [3.05, 3.63) is 33.1 Å². The summed E-state index contributed by atoms with van der Waals surface area (Å²) in [7, 11) is -4.48. The fourth-order valence-corrected chi connectivity index (χ4v) is 2.14. The van der Waals surface area contributed by atoms with Crippen molar-refractivity contribution in [3.63, 3.8) is 0 Å². The van der Waals surface area contributed by atoms with Crippen molar-refractivity contribution >= 4 is 7.60 Å². The van der Waals surface area contributed by atoms with Crippen molar-refractivity contribution in [1.82, 2.24) is 21.9 Å². The van der Waals surface area contributed by atoms with Gasteiger partial charge in [0.1, 0.15) is 12.2 Å². The van der Waals surface area contributed by atoms with Crippen molar-refractivity contribution in [2.45, 2.75) is 24.7 Å². The molecule has 1 aromatic heterocycles. The highest BCUT2D eigenvalue weighted by Gasteiger charge is 2.45. The van der Waals surface area contributed by atoms with Gasteiger partial charge in [0.25, 0.3) is 5.56 Å². The molecule has 1 saturated heterocycles. The molecule has 1 aliphatic heterocycles. The van der Waals surface area contributed by atoms with E-state index >= 15 is 0 Å². The van der Waals surface area contributed by atoms with Crippen LogP contribution < -0.4 is 23.6 Å². The molecule has 0 spiro atoms. The van der Waals surface area contributed by atoms with Crippen LogP contribution in [-0.4, -0.2) is 54.4 Å². The van der Waals surface area contributed by atoms with Crippen molar-refractivity contribution in [2.24, 2.45) is 0 Å². The molecule has 0 radical (unpaired) electrons. The van der Waals surface area contributed by atoms with E-state index in [2.05, 4.69) is 4.74 Å². The van der Waals surface area contributed by atoms with Gasteiger partial charge in [-0.05, 0) is 0 Å². The Kier molecular flexibility index (Phi) is 7.43. The third-order valence-corrected chi connectivity index (χ3v) is 3.21. The van der Waals surface area contributed by atoms with E-state index in [1.54, 1.807) is 0 Å². The first kappa shape index (κ1) is 21.6. The summed E-state index contributed by atoms with van der Waals surface area (Å²) in [5.41, 5.74) is -1.53. The molecule has 14 heteroatoms. The summed E-state index contributed by atoms with van der Waals surface area (Å²) >= 11 is 0. The molecule has 0 aliphatic carbocycles. The molecule has 2 rings (SSSR count). The van der Waals surface area contributed by atoms with Gasteiger partial charge in [0.05, 0.1) is 0 Å². The van der Waals surface area contributed by atoms with Crippen LogP contribution in [0.4, 0.5) is 0 Å². The van der Waals surface area contributed by atoms with E-state index < -0.39 is 49.9 Å². The third kappa shape index (κ3) is 5.04. The topological polar surface area (TPSA) is 241 Å². The average molecular weight is 358 g/mol. The molecule has 134 valence electrons. The molecule has 0 amide bonds. The number of rotatable bonds is 4. The van der Waals surface area contributed by atoms with Gasteiger partial charge in [0.15, 0.2) is 18.9 Å². The van der Waals surface area contributed by atoms with Gasteiger partial charge >= 0.3 is 13.3 Å². The smallest absolute Gasteiger partial charge is 0.351 e. The number of aliphatic hydroxyl groups is 2. The van der Waals surface area contributed by atoms with E-state index in [-0.39, 0.29) is 12.3 Å². The molecular weight excluding hydrogens is 339 g/mol. The molecule has 23 heavy (non-hydrogen) atoms. The minimum Gasteiger partial charge on any atom is -0.385 e. The number of hydrogen-bond acceptors (Lipinski definition) is 9. The number of ether oxygens (including phenoxy) is 2. The van der Waals surface area contributed by atoms with E-state index in [9.17, 15) is 24.4 Å². The molecule has 2 heterocycles. The van der Waals surface area contributed by atoms with Gasteiger partial charge < -0.3 is 41.8 Å². The zero-order chi connectivity index (χ0) is 15.8. The van der Waals surface area contributed by atoms with Crippen LogP contribution in [0.25, 0.3) is 0 Å². The Morgan fingerprint density at radius 3 is 2.39 bits per heavy atom. The van der Waals surface area contributed by atoms with Gasteiger partial charge in [-0.3, -0.25) is 18.9 Å². The quantitative estimate of drug-likeness (QED) is 0.279. The molecule has 0 bridgehead atoms. The number of aromatic nitrogens is 2. The van der Waals surface area contributed by atoms with E-state index in [1.807, 2.05) is 4.98 Å². The highest BCUT2D eigenvalue weighted by molar-refractivity contribution is 7.51. The maximum Gasteiger partial charge on any atom is 0.351 e. The Morgan fingerprint density at radius 1 is 1.26 bits per heavy atom. The monoisotopic (exact) mass is 358 g/mol. The van der Waals surface area contributed by atoms with Crippen LogP contribution in [0.5, 0.6) is 0 Å². The molecule has 13 nitrogen and oxygen atoms in total. The lowest BCUT2D eigenvalue weighted by molar-refractivity contribution is -0.168.